The van der Waals surface area contributed by atoms with Crippen LogP contribution in [0.4, 0.5) is 5.69 Å². The molecule has 2 N–H and O–H groups in total. The predicted octanol–water partition coefficient (Wildman–Crippen LogP) is 1.66. The molecule has 126 valence electrons. The maximum absolute atomic E-state index is 12.0. The van der Waals surface area contributed by atoms with Crippen LogP contribution in [-0.2, 0) is 14.3 Å². The van der Waals surface area contributed by atoms with Crippen molar-refractivity contribution in [2.75, 3.05) is 37.1 Å². The van der Waals surface area contributed by atoms with E-state index in [9.17, 15) is 9.59 Å². The molecule has 6 nitrogen and oxygen atoms in total. The van der Waals surface area contributed by atoms with Gasteiger partial charge in [0, 0.05) is 19.4 Å². The summed E-state index contributed by atoms with van der Waals surface area (Å²) in [6.07, 6.45) is 0.864. The van der Waals surface area contributed by atoms with Crippen LogP contribution in [0.1, 0.15) is 13.3 Å². The zero-order valence-electron chi connectivity index (χ0n) is 13.4. The molecule has 0 spiro atoms. The van der Waals surface area contributed by atoms with Crippen LogP contribution in [0.2, 0.25) is 0 Å². The molecule has 1 fully saturated rings. The van der Waals surface area contributed by atoms with E-state index in [4.69, 9.17) is 9.47 Å². The lowest BCUT2D eigenvalue weighted by molar-refractivity contribution is -0.136. The summed E-state index contributed by atoms with van der Waals surface area (Å²) < 4.78 is 10.9. The molecule has 0 aromatic heterocycles. The van der Waals surface area contributed by atoms with E-state index in [1.807, 2.05) is 6.92 Å². The lowest BCUT2D eigenvalue weighted by Gasteiger charge is -2.26. The van der Waals surface area contributed by atoms with E-state index in [0.717, 1.165) is 17.9 Å². The number of thioether (sulfide) groups is 1. The summed E-state index contributed by atoms with van der Waals surface area (Å²) in [5.74, 6) is 0.964. The molecule has 1 aliphatic rings. The van der Waals surface area contributed by atoms with Crippen molar-refractivity contribution in [2.24, 2.45) is 0 Å². The van der Waals surface area contributed by atoms with E-state index in [0.29, 0.717) is 24.6 Å². The average molecular weight is 338 g/mol. The number of ether oxygens (including phenoxy) is 2. The number of nitrogens with one attached hydrogen (secondary N) is 2. The van der Waals surface area contributed by atoms with Crippen molar-refractivity contribution >= 4 is 29.3 Å². The molecule has 0 bridgehead atoms. The highest BCUT2D eigenvalue weighted by Gasteiger charge is 2.35. The van der Waals surface area contributed by atoms with Gasteiger partial charge in [-0.1, -0.05) is 12.1 Å². The Balaban J connectivity index is 1.91. The van der Waals surface area contributed by atoms with Crippen molar-refractivity contribution in [2.45, 2.75) is 18.9 Å². The van der Waals surface area contributed by atoms with E-state index in [1.165, 1.54) is 0 Å². The molecule has 1 atom stereocenters. The number of hydrogen-bond acceptors (Lipinski definition) is 5. The van der Waals surface area contributed by atoms with Crippen LogP contribution >= 0.6 is 11.8 Å². The quantitative estimate of drug-likeness (QED) is 0.772. The molecule has 0 saturated carbocycles. The summed E-state index contributed by atoms with van der Waals surface area (Å²) >= 11 is 1.78. The van der Waals surface area contributed by atoms with Crippen LogP contribution in [-0.4, -0.2) is 49.2 Å². The van der Waals surface area contributed by atoms with Crippen molar-refractivity contribution in [3.05, 3.63) is 24.3 Å². The third-order valence-corrected chi connectivity index (χ3v) is 4.94. The summed E-state index contributed by atoms with van der Waals surface area (Å²) in [6.45, 7) is 2.66. The Hall–Kier alpha value is -1.73. The molecule has 1 aliphatic heterocycles. The fraction of sp³-hybridized carbons (Fsp3) is 0.500. The number of methoxy groups -OCH3 is 1. The number of para-hydroxylation sites is 2. The molecule has 1 saturated heterocycles. The second-order valence-electron chi connectivity index (χ2n) is 5.26. The highest BCUT2D eigenvalue weighted by molar-refractivity contribution is 7.99. The van der Waals surface area contributed by atoms with E-state index in [-0.39, 0.29) is 5.60 Å². The first kappa shape index (κ1) is 17.6. The Labute approximate surface area is 140 Å². The van der Waals surface area contributed by atoms with E-state index in [2.05, 4.69) is 10.6 Å². The first-order valence-corrected chi connectivity index (χ1v) is 8.69. The van der Waals surface area contributed by atoms with Gasteiger partial charge in [-0.05, 0) is 31.2 Å². The second kappa shape index (κ2) is 8.21. The van der Waals surface area contributed by atoms with Gasteiger partial charge in [-0.2, -0.15) is 11.8 Å². The van der Waals surface area contributed by atoms with Crippen LogP contribution < -0.4 is 15.4 Å². The van der Waals surface area contributed by atoms with Crippen LogP contribution in [0.15, 0.2) is 24.3 Å². The average Bonchev–Trinajstić information content (AvgIpc) is 3.04. The zero-order valence-corrected chi connectivity index (χ0v) is 14.2. The van der Waals surface area contributed by atoms with Crippen molar-refractivity contribution in [1.82, 2.24) is 5.32 Å². The molecule has 0 radical (unpaired) electrons. The third-order valence-electron chi connectivity index (χ3n) is 3.71. The Morgan fingerprint density at radius 3 is 2.74 bits per heavy atom. The summed E-state index contributed by atoms with van der Waals surface area (Å²) in [4.78, 5) is 24.0. The number of carbonyl (C=O) groups is 2. The van der Waals surface area contributed by atoms with Crippen molar-refractivity contribution in [3.8, 4) is 5.75 Å². The Morgan fingerprint density at radius 1 is 1.30 bits per heavy atom. The van der Waals surface area contributed by atoms with Gasteiger partial charge in [0.25, 0.3) is 0 Å². The SMILES string of the molecule is CCOc1ccccc1NC(=O)C(=O)NCC1(OC)CCSC1. The van der Waals surface area contributed by atoms with Crippen LogP contribution in [0.25, 0.3) is 0 Å². The molecule has 0 aliphatic carbocycles. The molecular weight excluding hydrogens is 316 g/mol. The van der Waals surface area contributed by atoms with Crippen molar-refractivity contribution in [3.63, 3.8) is 0 Å². The summed E-state index contributed by atoms with van der Waals surface area (Å²) in [5.41, 5.74) is 0.108. The number of carbonyl (C=O) groups excluding carboxylic acids is 2. The maximum Gasteiger partial charge on any atom is 0.313 e. The van der Waals surface area contributed by atoms with Gasteiger partial charge in [-0.15, -0.1) is 0 Å². The Bertz CT molecular complexity index is 559. The van der Waals surface area contributed by atoms with E-state index in [1.54, 1.807) is 43.1 Å². The van der Waals surface area contributed by atoms with Gasteiger partial charge in [-0.3, -0.25) is 9.59 Å². The fourth-order valence-electron chi connectivity index (χ4n) is 2.31. The molecule has 2 amide bonds. The first-order valence-electron chi connectivity index (χ1n) is 7.54. The van der Waals surface area contributed by atoms with Gasteiger partial charge in [-0.25, -0.2) is 0 Å². The van der Waals surface area contributed by atoms with E-state index < -0.39 is 11.8 Å². The molecule has 1 unspecified atom stereocenters. The molecular formula is C16H22N2O4S. The van der Waals surface area contributed by atoms with Gasteiger partial charge < -0.3 is 20.1 Å². The second-order valence-corrected chi connectivity index (χ2v) is 6.36. The minimum absolute atomic E-state index is 0.329. The van der Waals surface area contributed by atoms with Gasteiger partial charge >= 0.3 is 11.8 Å². The van der Waals surface area contributed by atoms with E-state index >= 15 is 0 Å². The number of amides is 2. The van der Waals surface area contributed by atoms with Crippen LogP contribution in [0, 0.1) is 0 Å². The first-order chi connectivity index (χ1) is 11.1. The normalized spacial score (nSPS) is 20.1. The third kappa shape index (κ3) is 4.62. The number of hydrogen-bond donors (Lipinski definition) is 2. The summed E-state index contributed by atoms with van der Waals surface area (Å²) in [6, 6.07) is 7.01. The lowest BCUT2D eigenvalue weighted by atomic mass is 10.0. The fourth-order valence-corrected chi connectivity index (χ4v) is 3.71. The molecule has 1 aromatic rings. The molecule has 23 heavy (non-hydrogen) atoms. The van der Waals surface area contributed by atoms with Crippen molar-refractivity contribution in [1.29, 1.82) is 0 Å². The monoisotopic (exact) mass is 338 g/mol. The van der Waals surface area contributed by atoms with Gasteiger partial charge in [0.1, 0.15) is 5.75 Å². The predicted molar refractivity (Wildman–Crippen MR) is 90.9 cm³/mol. The Morgan fingerprint density at radius 2 is 2.09 bits per heavy atom. The van der Waals surface area contributed by atoms with Crippen molar-refractivity contribution < 1.29 is 19.1 Å². The largest absolute Gasteiger partial charge is 0.492 e. The molecule has 1 aromatic carbocycles. The standard InChI is InChI=1S/C16H22N2O4S/c1-3-22-13-7-5-4-6-12(13)18-15(20)14(19)17-10-16(21-2)8-9-23-11-16/h4-7H,3,8-11H2,1-2H3,(H,17,19)(H,18,20). The van der Waals surface area contributed by atoms with Crippen LogP contribution in [0.3, 0.4) is 0 Å². The Kier molecular flexibility index (Phi) is 6.29. The number of rotatable bonds is 6. The smallest absolute Gasteiger partial charge is 0.313 e. The van der Waals surface area contributed by atoms with Gasteiger partial charge in [0.2, 0.25) is 0 Å². The lowest BCUT2D eigenvalue weighted by Crippen LogP contribution is -2.47. The molecule has 2 rings (SSSR count). The molecule has 7 heteroatoms. The number of anilines is 1. The molecule has 1 heterocycles. The van der Waals surface area contributed by atoms with Crippen LogP contribution in [0.5, 0.6) is 5.75 Å². The number of benzene rings is 1. The topological polar surface area (TPSA) is 76.7 Å². The zero-order chi connectivity index (χ0) is 16.7. The summed E-state index contributed by atoms with van der Waals surface area (Å²) in [5, 5.41) is 5.24. The highest BCUT2D eigenvalue weighted by Crippen LogP contribution is 2.30. The summed E-state index contributed by atoms with van der Waals surface area (Å²) in [7, 11) is 1.64. The minimum Gasteiger partial charge on any atom is -0.492 e. The van der Waals surface area contributed by atoms with Gasteiger partial charge in [0.15, 0.2) is 0 Å². The van der Waals surface area contributed by atoms with Gasteiger partial charge in [0.05, 0.1) is 17.9 Å². The maximum atomic E-state index is 12.0. The highest BCUT2D eigenvalue weighted by atomic mass is 32.2. The minimum atomic E-state index is -0.714.